The van der Waals surface area contributed by atoms with Gasteiger partial charge >= 0.3 is 39.5 Å². The van der Waals surface area contributed by atoms with Crippen LogP contribution in [0.4, 0.5) is 0 Å². The molecule has 0 saturated heterocycles. The standard InChI is InChI=1S/C91H148O17P2/c1-5-9-13-17-21-25-29-33-37-41-42-46-48-52-56-60-64-68-72-76-89(94)102-82-87(108-91(96)78-74-70-66-62-58-54-50-45-40-36-32-28-24-20-16-12-8-4)84-106-110(99,100)104-80-85(92)79-103-109(97,98)105-83-86(107-90(95)77-73-69-65-61-57-53-49-44-39-35-31-27-23-19-15-11-7-3)81-101-88(93)75-71-67-63-59-55-51-47-43-38-34-30-26-22-18-14-10-6-2/h9-16,21-28,33-40,42,46-47,49,51,53,85-87,92H,5-8,17-20,29-32,41,43-45,48,50,52,54-84H2,1-4H3,(H,97,98)(H,99,100)/b13-9-,14-10-,15-11-,16-12-,25-21-,26-22-,27-23-,28-24-,37-33-,38-34-,39-35-,40-36-,46-42-,51-47-,53-49-. The van der Waals surface area contributed by atoms with Crippen LogP contribution in [-0.4, -0.2) is 96.7 Å². The van der Waals surface area contributed by atoms with E-state index in [0.29, 0.717) is 25.7 Å². The molecule has 19 heteroatoms. The first-order chi connectivity index (χ1) is 53.7. The molecule has 624 valence electrons. The number of unbranched alkanes of at least 4 members (excludes halogenated alkanes) is 21. The first-order valence-electron chi connectivity index (χ1n) is 42.0. The van der Waals surface area contributed by atoms with Gasteiger partial charge in [0, 0.05) is 25.7 Å². The highest BCUT2D eigenvalue weighted by Gasteiger charge is 2.30. The smallest absolute Gasteiger partial charge is 0.462 e. The Morgan fingerprint density at radius 1 is 0.255 bits per heavy atom. The average molecular weight is 1580 g/mol. The first kappa shape index (κ1) is 104. The molecule has 0 spiro atoms. The van der Waals surface area contributed by atoms with Gasteiger partial charge in [-0.2, -0.15) is 0 Å². The number of rotatable bonds is 77. The summed E-state index contributed by atoms with van der Waals surface area (Å²) in [4.78, 5) is 73.3. The van der Waals surface area contributed by atoms with Crippen LogP contribution in [0.5, 0.6) is 0 Å². The lowest BCUT2D eigenvalue weighted by Gasteiger charge is -2.21. The van der Waals surface area contributed by atoms with Gasteiger partial charge in [-0.15, -0.1) is 0 Å². The van der Waals surface area contributed by atoms with E-state index in [2.05, 4.69) is 210 Å². The minimum Gasteiger partial charge on any atom is -0.462 e. The lowest BCUT2D eigenvalue weighted by atomic mass is 10.1. The van der Waals surface area contributed by atoms with Gasteiger partial charge in [-0.3, -0.25) is 37.3 Å². The zero-order chi connectivity index (χ0) is 80.3. The number of hydrogen-bond donors (Lipinski definition) is 3. The Morgan fingerprint density at radius 2 is 0.445 bits per heavy atom. The molecule has 0 aliphatic heterocycles. The molecule has 5 unspecified atom stereocenters. The monoisotopic (exact) mass is 1580 g/mol. The van der Waals surface area contributed by atoms with Crippen molar-refractivity contribution in [2.24, 2.45) is 0 Å². The van der Waals surface area contributed by atoms with Crippen molar-refractivity contribution in [3.05, 3.63) is 182 Å². The molecule has 0 heterocycles. The molecule has 0 aromatic heterocycles. The lowest BCUT2D eigenvalue weighted by molar-refractivity contribution is -0.161. The fourth-order valence-corrected chi connectivity index (χ4v) is 12.2. The second-order valence-electron chi connectivity index (χ2n) is 27.2. The SMILES string of the molecule is CC/C=C\C/C=C\C/C=C\C/C=C\CCCCCCCCC(=O)OCC(COP(=O)(O)OCC(O)COP(=O)(O)OCC(COC(=O)CCCCCC/C=C\C/C=C\C/C=C\C/C=C\CC)OC(=O)CCCCCC/C=C\C/C=C\C/C=C\C/C=C\CC)OC(=O)CCCCCCCCC/C=C\C/C=C\C/C=C\CC. The van der Waals surface area contributed by atoms with Crippen molar-refractivity contribution in [3.8, 4) is 0 Å². The number of carbonyl (C=O) groups is 4. The molecule has 0 aromatic carbocycles. The third kappa shape index (κ3) is 80.2. The van der Waals surface area contributed by atoms with Crippen LogP contribution < -0.4 is 0 Å². The molecule has 0 aliphatic rings. The molecular weight excluding hydrogens is 1430 g/mol. The van der Waals surface area contributed by atoms with E-state index in [0.717, 1.165) is 231 Å². The van der Waals surface area contributed by atoms with Gasteiger partial charge in [-0.1, -0.05) is 293 Å². The maximum absolute atomic E-state index is 13.1. The van der Waals surface area contributed by atoms with Crippen molar-refractivity contribution >= 4 is 39.5 Å². The van der Waals surface area contributed by atoms with Gasteiger partial charge in [-0.25, -0.2) is 9.13 Å². The largest absolute Gasteiger partial charge is 0.472 e. The van der Waals surface area contributed by atoms with Crippen LogP contribution in [0, 0.1) is 0 Å². The van der Waals surface area contributed by atoms with Gasteiger partial charge < -0.3 is 33.8 Å². The average Bonchev–Trinajstić information content (AvgIpc) is 0.906. The summed E-state index contributed by atoms with van der Waals surface area (Å²) < 4.78 is 68.8. The van der Waals surface area contributed by atoms with Gasteiger partial charge in [0.2, 0.25) is 0 Å². The van der Waals surface area contributed by atoms with Gasteiger partial charge in [-0.05, 0) is 173 Å². The third-order valence-corrected chi connectivity index (χ3v) is 18.8. The summed E-state index contributed by atoms with van der Waals surface area (Å²) in [5.74, 6) is -2.26. The van der Waals surface area contributed by atoms with Crippen molar-refractivity contribution in [3.63, 3.8) is 0 Å². The Labute approximate surface area is 666 Å². The quantitative estimate of drug-likeness (QED) is 0.0169. The predicted octanol–water partition coefficient (Wildman–Crippen LogP) is 25.1. The van der Waals surface area contributed by atoms with Crippen LogP contribution in [0.25, 0.3) is 0 Å². The minimum atomic E-state index is -5.00. The minimum absolute atomic E-state index is 0.0544. The van der Waals surface area contributed by atoms with Crippen LogP contribution >= 0.6 is 15.6 Å². The molecule has 110 heavy (non-hydrogen) atoms. The van der Waals surface area contributed by atoms with Crippen molar-refractivity contribution in [2.45, 2.75) is 329 Å². The number of carbonyl (C=O) groups excluding carboxylic acids is 4. The third-order valence-electron chi connectivity index (χ3n) is 16.9. The van der Waals surface area contributed by atoms with Gasteiger partial charge in [0.25, 0.3) is 0 Å². The Hall–Kier alpha value is -5.84. The molecule has 0 saturated carbocycles. The summed E-state index contributed by atoms with van der Waals surface area (Å²) >= 11 is 0. The summed E-state index contributed by atoms with van der Waals surface area (Å²) in [6.45, 7) is 4.35. The number of aliphatic hydroxyl groups is 1. The van der Waals surface area contributed by atoms with Gasteiger partial charge in [0.15, 0.2) is 12.2 Å². The predicted molar refractivity (Wildman–Crippen MR) is 454 cm³/mol. The Morgan fingerprint density at radius 3 is 0.682 bits per heavy atom. The number of hydrogen-bond acceptors (Lipinski definition) is 15. The fourth-order valence-electron chi connectivity index (χ4n) is 10.6. The lowest BCUT2D eigenvalue weighted by Crippen LogP contribution is -2.30. The van der Waals surface area contributed by atoms with E-state index >= 15 is 0 Å². The van der Waals surface area contributed by atoms with Crippen LogP contribution in [0.2, 0.25) is 0 Å². The zero-order valence-corrected chi connectivity index (χ0v) is 70.1. The van der Waals surface area contributed by atoms with E-state index in [9.17, 15) is 43.2 Å². The number of ether oxygens (including phenoxy) is 4. The number of allylic oxidation sites excluding steroid dienone is 30. The van der Waals surface area contributed by atoms with Crippen LogP contribution in [0.15, 0.2) is 182 Å². The number of esters is 4. The van der Waals surface area contributed by atoms with E-state index < -0.39 is 97.5 Å². The fraction of sp³-hybridized carbons (Fsp3) is 0.626. The Kier molecular flexibility index (Phi) is 76.9. The van der Waals surface area contributed by atoms with Crippen molar-refractivity contribution in [1.82, 2.24) is 0 Å². The van der Waals surface area contributed by atoms with Crippen LogP contribution in [0.3, 0.4) is 0 Å². The highest BCUT2D eigenvalue weighted by molar-refractivity contribution is 7.47. The zero-order valence-electron chi connectivity index (χ0n) is 68.4. The molecule has 0 aromatic rings. The molecule has 0 bridgehead atoms. The molecule has 0 rings (SSSR count). The molecule has 17 nitrogen and oxygen atoms in total. The Bertz CT molecular complexity index is 2800. The van der Waals surface area contributed by atoms with E-state index in [1.165, 1.54) is 0 Å². The summed E-state index contributed by atoms with van der Waals surface area (Å²) in [6.07, 6.45) is 98.5. The van der Waals surface area contributed by atoms with Crippen molar-refractivity contribution in [1.29, 1.82) is 0 Å². The molecule has 3 N–H and O–H groups in total. The summed E-state index contributed by atoms with van der Waals surface area (Å²) in [5, 5.41) is 10.7. The van der Waals surface area contributed by atoms with Crippen LogP contribution in [0.1, 0.15) is 310 Å². The highest BCUT2D eigenvalue weighted by atomic mass is 31.2. The maximum Gasteiger partial charge on any atom is 0.472 e. The van der Waals surface area contributed by atoms with E-state index in [1.807, 2.05) is 0 Å². The van der Waals surface area contributed by atoms with E-state index in [4.69, 9.17) is 37.0 Å². The molecule has 0 fully saturated rings. The van der Waals surface area contributed by atoms with Crippen molar-refractivity contribution in [2.75, 3.05) is 39.6 Å². The summed E-state index contributed by atoms with van der Waals surface area (Å²) in [6, 6.07) is 0. The van der Waals surface area contributed by atoms with E-state index in [-0.39, 0.29) is 25.7 Å². The first-order valence-corrected chi connectivity index (χ1v) is 45.0. The van der Waals surface area contributed by atoms with Crippen molar-refractivity contribution < 1.29 is 80.2 Å². The highest BCUT2D eigenvalue weighted by Crippen LogP contribution is 2.45. The molecule has 0 amide bonds. The number of phosphoric acid groups is 2. The van der Waals surface area contributed by atoms with E-state index in [1.54, 1.807) is 0 Å². The maximum atomic E-state index is 13.1. The number of phosphoric ester groups is 2. The topological polar surface area (TPSA) is 237 Å². The second-order valence-corrected chi connectivity index (χ2v) is 30.1. The molecule has 5 atom stereocenters. The summed E-state index contributed by atoms with van der Waals surface area (Å²) in [7, 11) is -10.0. The molecule has 0 aliphatic carbocycles. The number of aliphatic hydroxyl groups excluding tert-OH is 1. The van der Waals surface area contributed by atoms with Gasteiger partial charge in [0.1, 0.15) is 19.3 Å². The molecular formula is C91H148O17P2. The molecule has 0 radical (unpaired) electrons. The van der Waals surface area contributed by atoms with Crippen LogP contribution in [-0.2, 0) is 65.4 Å². The second kappa shape index (κ2) is 81.2. The Balaban J connectivity index is 5.46. The normalized spacial score (nSPS) is 14.7. The summed E-state index contributed by atoms with van der Waals surface area (Å²) in [5.41, 5.74) is 0. The van der Waals surface area contributed by atoms with Gasteiger partial charge in [0.05, 0.1) is 26.4 Å².